The van der Waals surface area contributed by atoms with Gasteiger partial charge < -0.3 is 9.47 Å². The van der Waals surface area contributed by atoms with Gasteiger partial charge in [0.2, 0.25) is 0 Å². The molecule has 1 unspecified atom stereocenters. The zero-order chi connectivity index (χ0) is 19.5. The summed E-state index contributed by atoms with van der Waals surface area (Å²) in [5.74, 6) is 0.226. The van der Waals surface area contributed by atoms with E-state index in [-0.39, 0.29) is 17.5 Å². The first-order valence-corrected chi connectivity index (χ1v) is 9.25. The van der Waals surface area contributed by atoms with Gasteiger partial charge in [0, 0.05) is 12.1 Å². The molecule has 0 N–H and O–H groups in total. The van der Waals surface area contributed by atoms with Gasteiger partial charge in [-0.2, -0.15) is 0 Å². The summed E-state index contributed by atoms with van der Waals surface area (Å²) in [4.78, 5) is 22.2. The molecule has 0 aliphatic rings. The third-order valence-corrected chi connectivity index (χ3v) is 4.23. The van der Waals surface area contributed by atoms with E-state index in [4.69, 9.17) is 9.47 Å². The maximum absolute atomic E-state index is 12.1. The van der Waals surface area contributed by atoms with Gasteiger partial charge in [-0.05, 0) is 43.4 Å². The lowest BCUT2D eigenvalue weighted by molar-refractivity contribution is -0.384. The number of carbonyl (C=O) groups is 1. The molecule has 0 radical (unpaired) electrons. The van der Waals surface area contributed by atoms with E-state index in [1.807, 2.05) is 18.2 Å². The molecule has 0 aliphatic heterocycles. The average Bonchev–Trinajstić information content (AvgIpc) is 2.67. The Balaban J connectivity index is 1.83. The molecule has 27 heavy (non-hydrogen) atoms. The number of nitrogens with zero attached hydrogens (tertiary/aromatic N) is 1. The number of carbonyl (C=O) groups excluding carboxylic acids is 1. The van der Waals surface area contributed by atoms with Crippen LogP contribution < -0.4 is 4.74 Å². The molecule has 0 saturated heterocycles. The summed E-state index contributed by atoms with van der Waals surface area (Å²) in [6, 6.07) is 15.5. The van der Waals surface area contributed by atoms with Crippen LogP contribution >= 0.6 is 0 Å². The zero-order valence-electron chi connectivity index (χ0n) is 15.5. The van der Waals surface area contributed by atoms with E-state index in [9.17, 15) is 14.9 Å². The first kappa shape index (κ1) is 20.4. The van der Waals surface area contributed by atoms with Crippen molar-refractivity contribution in [1.29, 1.82) is 0 Å². The van der Waals surface area contributed by atoms with Gasteiger partial charge >= 0.3 is 6.16 Å². The van der Waals surface area contributed by atoms with Crippen molar-refractivity contribution in [1.82, 2.24) is 0 Å². The number of ether oxygens (including phenoxy) is 2. The number of nitro benzene ring substituents is 1. The van der Waals surface area contributed by atoms with Crippen molar-refractivity contribution in [3.8, 4) is 5.75 Å². The van der Waals surface area contributed by atoms with Crippen LogP contribution in [-0.2, 0) is 11.2 Å². The molecule has 144 valence electrons. The summed E-state index contributed by atoms with van der Waals surface area (Å²) < 4.78 is 10.6. The predicted molar refractivity (Wildman–Crippen MR) is 103 cm³/mol. The largest absolute Gasteiger partial charge is 0.514 e. The van der Waals surface area contributed by atoms with Crippen LogP contribution in [0.4, 0.5) is 10.5 Å². The number of hydrogen-bond acceptors (Lipinski definition) is 5. The lowest BCUT2D eigenvalue weighted by Gasteiger charge is -2.17. The van der Waals surface area contributed by atoms with Gasteiger partial charge in [0.15, 0.2) is 0 Å². The Bertz CT molecular complexity index is 715. The average molecular weight is 371 g/mol. The summed E-state index contributed by atoms with van der Waals surface area (Å²) in [7, 11) is 0. The molecule has 6 nitrogen and oxygen atoms in total. The van der Waals surface area contributed by atoms with Gasteiger partial charge in [0.05, 0.1) is 4.92 Å². The van der Waals surface area contributed by atoms with Crippen LogP contribution in [0.25, 0.3) is 0 Å². The van der Waals surface area contributed by atoms with Crippen LogP contribution in [0.5, 0.6) is 5.75 Å². The number of non-ortho nitro benzene ring substituents is 1. The van der Waals surface area contributed by atoms with Gasteiger partial charge in [0.25, 0.3) is 5.69 Å². The number of hydrogen-bond donors (Lipinski definition) is 0. The number of rotatable bonds is 10. The molecular formula is C21H25NO5. The lowest BCUT2D eigenvalue weighted by atomic mass is 10.0. The first-order chi connectivity index (χ1) is 13.1. The normalized spacial score (nSPS) is 11.6. The Morgan fingerprint density at radius 2 is 1.70 bits per heavy atom. The second-order valence-corrected chi connectivity index (χ2v) is 6.36. The highest BCUT2D eigenvalue weighted by Crippen LogP contribution is 2.19. The Kier molecular flexibility index (Phi) is 8.29. The standard InChI is InChI=1S/C21H25NO5/c1-2-3-11-19(12-7-10-17-8-5-4-6-9-17)26-21(23)27-20-15-13-18(14-16-20)22(24)25/h4-6,8-9,13-16,19H,2-3,7,10-12H2,1H3. The number of benzene rings is 2. The molecule has 1 atom stereocenters. The highest BCUT2D eigenvalue weighted by Gasteiger charge is 2.16. The van der Waals surface area contributed by atoms with E-state index in [1.54, 1.807) is 0 Å². The van der Waals surface area contributed by atoms with E-state index >= 15 is 0 Å². The fraction of sp³-hybridized carbons (Fsp3) is 0.381. The van der Waals surface area contributed by atoms with Crippen molar-refractivity contribution >= 4 is 11.8 Å². The quantitative estimate of drug-likeness (QED) is 0.232. The predicted octanol–water partition coefficient (Wildman–Crippen LogP) is 5.69. The van der Waals surface area contributed by atoms with Crippen molar-refractivity contribution in [2.75, 3.05) is 0 Å². The van der Waals surface area contributed by atoms with E-state index in [0.29, 0.717) is 0 Å². The van der Waals surface area contributed by atoms with Gasteiger partial charge in [-0.1, -0.05) is 50.1 Å². The smallest absolute Gasteiger partial charge is 0.431 e. The third-order valence-electron chi connectivity index (χ3n) is 4.23. The van der Waals surface area contributed by atoms with E-state index in [1.165, 1.54) is 29.8 Å². The molecular weight excluding hydrogens is 346 g/mol. The second kappa shape index (κ2) is 11.0. The van der Waals surface area contributed by atoms with Crippen LogP contribution in [0.15, 0.2) is 54.6 Å². The summed E-state index contributed by atoms with van der Waals surface area (Å²) in [5.41, 5.74) is 1.21. The summed E-state index contributed by atoms with van der Waals surface area (Å²) in [5, 5.41) is 10.7. The Morgan fingerprint density at radius 3 is 2.33 bits per heavy atom. The first-order valence-electron chi connectivity index (χ1n) is 9.25. The Labute approximate surface area is 159 Å². The molecule has 2 rings (SSSR count). The maximum atomic E-state index is 12.1. The minimum absolute atomic E-state index is 0.0579. The van der Waals surface area contributed by atoms with E-state index < -0.39 is 11.1 Å². The van der Waals surface area contributed by atoms with E-state index in [0.717, 1.165) is 38.5 Å². The molecule has 0 amide bonds. The zero-order valence-corrected chi connectivity index (χ0v) is 15.5. The molecule has 0 aliphatic carbocycles. The van der Waals surface area contributed by atoms with Crippen molar-refractivity contribution in [2.24, 2.45) is 0 Å². The van der Waals surface area contributed by atoms with Crippen LogP contribution in [0.2, 0.25) is 0 Å². The van der Waals surface area contributed by atoms with Crippen molar-refractivity contribution in [2.45, 2.75) is 51.6 Å². The van der Waals surface area contributed by atoms with Gasteiger partial charge in [0.1, 0.15) is 11.9 Å². The molecule has 2 aromatic rings. The summed E-state index contributed by atoms with van der Waals surface area (Å²) in [6.45, 7) is 2.09. The van der Waals surface area contributed by atoms with Crippen LogP contribution in [0, 0.1) is 10.1 Å². The fourth-order valence-corrected chi connectivity index (χ4v) is 2.76. The molecule has 2 aromatic carbocycles. The summed E-state index contributed by atoms with van der Waals surface area (Å²) in [6.07, 6.45) is 4.44. The number of aryl methyl sites for hydroxylation is 1. The van der Waals surface area contributed by atoms with Crippen LogP contribution in [0.1, 0.15) is 44.6 Å². The molecule has 0 spiro atoms. The molecule has 6 heteroatoms. The van der Waals surface area contributed by atoms with Crippen molar-refractivity contribution < 1.29 is 19.2 Å². The minimum atomic E-state index is -0.773. The van der Waals surface area contributed by atoms with Crippen molar-refractivity contribution in [3.63, 3.8) is 0 Å². The molecule has 0 saturated carbocycles. The SMILES string of the molecule is CCCCC(CCCc1ccccc1)OC(=O)Oc1ccc([N+](=O)[O-])cc1. The second-order valence-electron chi connectivity index (χ2n) is 6.36. The minimum Gasteiger partial charge on any atom is -0.431 e. The number of unbranched alkanes of at least 4 members (excludes halogenated alkanes) is 1. The van der Waals surface area contributed by atoms with Crippen LogP contribution in [0.3, 0.4) is 0 Å². The lowest BCUT2D eigenvalue weighted by Crippen LogP contribution is -2.21. The highest BCUT2D eigenvalue weighted by molar-refractivity contribution is 5.64. The third kappa shape index (κ3) is 7.48. The van der Waals surface area contributed by atoms with E-state index in [2.05, 4.69) is 19.1 Å². The highest BCUT2D eigenvalue weighted by atomic mass is 16.7. The Hall–Kier alpha value is -2.89. The van der Waals surface area contributed by atoms with Crippen LogP contribution in [-0.4, -0.2) is 17.2 Å². The van der Waals surface area contributed by atoms with Gasteiger partial charge in [-0.25, -0.2) is 4.79 Å². The van der Waals surface area contributed by atoms with Gasteiger partial charge in [-0.3, -0.25) is 10.1 Å². The molecule has 0 bridgehead atoms. The number of nitro groups is 1. The monoisotopic (exact) mass is 371 g/mol. The van der Waals surface area contributed by atoms with Gasteiger partial charge in [-0.15, -0.1) is 0 Å². The molecule has 0 aromatic heterocycles. The summed E-state index contributed by atoms with van der Waals surface area (Å²) >= 11 is 0. The van der Waals surface area contributed by atoms with Crippen molar-refractivity contribution in [3.05, 3.63) is 70.3 Å². The Morgan fingerprint density at radius 1 is 1.04 bits per heavy atom. The maximum Gasteiger partial charge on any atom is 0.514 e. The molecule has 0 heterocycles. The fourth-order valence-electron chi connectivity index (χ4n) is 2.76. The topological polar surface area (TPSA) is 78.7 Å². The molecule has 0 fully saturated rings.